The van der Waals surface area contributed by atoms with E-state index in [2.05, 4.69) is 4.98 Å². The molecule has 5 heteroatoms. The molecule has 0 amide bonds. The Hall–Kier alpha value is -1.84. The summed E-state index contributed by atoms with van der Waals surface area (Å²) in [7, 11) is 0. The van der Waals surface area contributed by atoms with Crippen molar-refractivity contribution in [3.63, 3.8) is 0 Å². The van der Waals surface area contributed by atoms with Crippen LogP contribution in [0.3, 0.4) is 0 Å². The second kappa shape index (κ2) is 3.87. The van der Waals surface area contributed by atoms with Crippen molar-refractivity contribution in [1.29, 1.82) is 0 Å². The molecule has 17 heavy (non-hydrogen) atoms. The first-order chi connectivity index (χ1) is 8.25. The van der Waals surface area contributed by atoms with Gasteiger partial charge in [-0.3, -0.25) is 0 Å². The summed E-state index contributed by atoms with van der Waals surface area (Å²) in [6.07, 6.45) is 0. The topological polar surface area (TPSA) is 55.1 Å². The first-order valence-corrected chi connectivity index (χ1v) is 6.65. The van der Waals surface area contributed by atoms with Gasteiger partial charge in [0.15, 0.2) is 0 Å². The van der Waals surface area contributed by atoms with Gasteiger partial charge in [-0.25, -0.2) is 0 Å². The molecule has 2 heterocycles. The third kappa shape index (κ3) is 1.69. The number of hydrogen-bond acceptors (Lipinski definition) is 3. The quantitative estimate of drug-likeness (QED) is 0.684. The number of nitrogens with zero attached hydrogens (tertiary/aromatic N) is 2. The molecule has 1 aromatic carbocycles. The molecule has 0 aliphatic carbocycles. The predicted molar refractivity (Wildman–Crippen MR) is 65.9 cm³/mol. The molecule has 0 saturated heterocycles. The fourth-order valence-electron chi connectivity index (χ4n) is 1.65. The minimum absolute atomic E-state index is 0.0429. The van der Waals surface area contributed by atoms with E-state index in [1.807, 2.05) is 24.3 Å². The summed E-state index contributed by atoms with van der Waals surface area (Å²) in [5.41, 5.74) is -0.0429. The van der Waals surface area contributed by atoms with Gasteiger partial charge in [-0.05, 0) is 0 Å². The molecule has 0 saturated carbocycles. The Morgan fingerprint density at radius 2 is 1.94 bits per heavy atom. The maximum atomic E-state index is 12.1. The summed E-state index contributed by atoms with van der Waals surface area (Å²) in [5, 5.41) is 10.1. The van der Waals surface area contributed by atoms with Gasteiger partial charge in [0.2, 0.25) is 0 Å². The third-order valence-corrected chi connectivity index (χ3v) is 4.70. The summed E-state index contributed by atoms with van der Waals surface area (Å²) in [6.45, 7) is 0. The van der Waals surface area contributed by atoms with Gasteiger partial charge in [0.05, 0.1) is 0 Å². The second-order valence-corrected chi connectivity index (χ2v) is 5.61. The Labute approximate surface area is 103 Å². The summed E-state index contributed by atoms with van der Waals surface area (Å²) in [4.78, 5) is 16.1. The van der Waals surface area contributed by atoms with Crippen LogP contribution < -0.4 is 5.56 Å². The number of benzene rings is 1. The van der Waals surface area contributed by atoms with Crippen LogP contribution >= 0.6 is 0 Å². The Balaban J connectivity index is 2.31. The van der Waals surface area contributed by atoms with Gasteiger partial charge >= 0.3 is 103 Å². The van der Waals surface area contributed by atoms with Crippen LogP contribution in [-0.4, -0.2) is 28.4 Å². The zero-order valence-corrected chi connectivity index (χ0v) is 10.4. The Kier molecular flexibility index (Phi) is 2.35. The number of pyridine rings is 1. The molecule has 0 aliphatic rings. The second-order valence-electron chi connectivity index (χ2n) is 3.54. The van der Waals surface area contributed by atoms with Crippen molar-refractivity contribution in [1.82, 2.24) is 8.55 Å². The van der Waals surface area contributed by atoms with Gasteiger partial charge < -0.3 is 0 Å². The van der Waals surface area contributed by atoms with Gasteiger partial charge in [0.25, 0.3) is 0 Å². The van der Waals surface area contributed by atoms with Crippen LogP contribution in [0.15, 0.2) is 47.3 Å². The molecule has 1 N–H and O–H groups in total. The molecule has 2 aromatic heterocycles. The van der Waals surface area contributed by atoms with Crippen LogP contribution in [0, 0.1) is 0 Å². The number of aromatic nitrogens is 2. The van der Waals surface area contributed by atoms with Crippen molar-refractivity contribution >= 4 is 24.4 Å². The number of fused-ring (bicyclic) bond motifs is 1. The molecular weight excluding hydrogens is 283 g/mol. The SMILES string of the molecule is O=c1c2ccccc2[se]n1-c1cccc(O)n1. The molecule has 0 atom stereocenters. The van der Waals surface area contributed by atoms with Gasteiger partial charge in [0.1, 0.15) is 0 Å². The van der Waals surface area contributed by atoms with Crippen LogP contribution in [0.1, 0.15) is 0 Å². The average Bonchev–Trinajstić information content (AvgIpc) is 2.68. The molecule has 0 aliphatic heterocycles. The number of rotatable bonds is 1. The fraction of sp³-hybridized carbons (Fsp3) is 0. The van der Waals surface area contributed by atoms with Crippen LogP contribution in [0.5, 0.6) is 5.88 Å². The van der Waals surface area contributed by atoms with E-state index >= 15 is 0 Å². The number of hydrogen-bond donors (Lipinski definition) is 1. The van der Waals surface area contributed by atoms with Gasteiger partial charge in [-0.2, -0.15) is 0 Å². The standard InChI is InChI=1S/C12H8N2O2Se/c15-11-7-3-6-10(13-11)14-12(16)8-4-1-2-5-9(8)17-14/h1-7H,(H,13,15). The Morgan fingerprint density at radius 3 is 2.71 bits per heavy atom. The molecule has 0 bridgehead atoms. The van der Waals surface area contributed by atoms with Crippen molar-refractivity contribution in [2.24, 2.45) is 0 Å². The van der Waals surface area contributed by atoms with Crippen molar-refractivity contribution < 1.29 is 5.11 Å². The van der Waals surface area contributed by atoms with Crippen molar-refractivity contribution in [3.8, 4) is 11.7 Å². The van der Waals surface area contributed by atoms with E-state index in [0.717, 1.165) is 9.65 Å². The number of aromatic hydroxyl groups is 1. The Bertz CT molecular complexity index is 745. The molecule has 0 unspecified atom stereocenters. The molecule has 0 spiro atoms. The molecule has 3 rings (SSSR count). The fourth-order valence-corrected chi connectivity index (χ4v) is 3.68. The van der Waals surface area contributed by atoms with E-state index in [0.29, 0.717) is 5.82 Å². The molecular formula is C12H8N2O2Se. The van der Waals surface area contributed by atoms with E-state index in [-0.39, 0.29) is 26.2 Å². The predicted octanol–water partition coefficient (Wildman–Crippen LogP) is 1.15. The summed E-state index contributed by atoms with van der Waals surface area (Å²) >= 11 is -0.103. The van der Waals surface area contributed by atoms with E-state index < -0.39 is 0 Å². The van der Waals surface area contributed by atoms with E-state index in [1.165, 1.54) is 6.07 Å². The first kappa shape index (κ1) is 10.3. The maximum absolute atomic E-state index is 12.1. The van der Waals surface area contributed by atoms with Crippen LogP contribution in [-0.2, 0) is 0 Å². The zero-order chi connectivity index (χ0) is 11.8. The third-order valence-electron chi connectivity index (χ3n) is 2.42. The summed E-state index contributed by atoms with van der Waals surface area (Å²) < 4.78 is 2.67. The van der Waals surface area contributed by atoms with E-state index in [9.17, 15) is 9.90 Å². The van der Waals surface area contributed by atoms with Crippen LogP contribution in [0.4, 0.5) is 0 Å². The van der Waals surface area contributed by atoms with Crippen molar-refractivity contribution in [3.05, 3.63) is 52.8 Å². The van der Waals surface area contributed by atoms with Crippen LogP contribution in [0.2, 0.25) is 0 Å². The van der Waals surface area contributed by atoms with Gasteiger partial charge in [0, 0.05) is 0 Å². The van der Waals surface area contributed by atoms with Crippen LogP contribution in [0.25, 0.3) is 15.5 Å². The average molecular weight is 291 g/mol. The normalized spacial score (nSPS) is 10.8. The first-order valence-electron chi connectivity index (χ1n) is 5.03. The molecule has 3 aromatic rings. The van der Waals surface area contributed by atoms with Gasteiger partial charge in [-0.1, -0.05) is 0 Å². The summed E-state index contributed by atoms with van der Waals surface area (Å²) in [5.74, 6) is 0.438. The molecule has 0 radical (unpaired) electrons. The molecule has 4 nitrogen and oxygen atoms in total. The summed E-state index contributed by atoms with van der Waals surface area (Å²) in [6, 6.07) is 12.5. The molecule has 0 fully saturated rings. The minimum atomic E-state index is -0.103. The van der Waals surface area contributed by atoms with E-state index in [1.54, 1.807) is 15.7 Å². The van der Waals surface area contributed by atoms with E-state index in [4.69, 9.17) is 0 Å². The molecule has 84 valence electrons. The van der Waals surface area contributed by atoms with Crippen molar-refractivity contribution in [2.45, 2.75) is 0 Å². The van der Waals surface area contributed by atoms with Gasteiger partial charge in [-0.15, -0.1) is 0 Å². The zero-order valence-electron chi connectivity index (χ0n) is 8.70. The Morgan fingerprint density at radius 1 is 1.12 bits per heavy atom. The monoisotopic (exact) mass is 292 g/mol. The van der Waals surface area contributed by atoms with Crippen molar-refractivity contribution in [2.75, 3.05) is 0 Å².